The number of hydrogen-bond donors (Lipinski definition) is 0. The van der Waals surface area contributed by atoms with Crippen molar-refractivity contribution in [3.05, 3.63) is 27.8 Å². The smallest absolute Gasteiger partial charge is 0.315 e. The average molecular weight is 237 g/mol. The Morgan fingerprint density at radius 2 is 2.24 bits per heavy atom. The third-order valence-corrected chi connectivity index (χ3v) is 2.48. The van der Waals surface area contributed by atoms with Crippen molar-refractivity contribution in [1.82, 2.24) is 0 Å². The summed E-state index contributed by atoms with van der Waals surface area (Å²) in [4.78, 5) is 21.2. The van der Waals surface area contributed by atoms with Gasteiger partial charge in [0.05, 0.1) is 4.92 Å². The second-order valence-corrected chi connectivity index (χ2v) is 3.81. The Hall–Kier alpha value is -2.11. The van der Waals surface area contributed by atoms with Gasteiger partial charge in [-0.05, 0) is 25.0 Å². The van der Waals surface area contributed by atoms with Gasteiger partial charge < -0.3 is 14.3 Å². The normalized spacial score (nSPS) is 12.5. The number of benzene rings is 1. The van der Waals surface area contributed by atoms with E-state index >= 15 is 0 Å². The molecule has 1 aromatic carbocycles. The molecule has 0 radical (unpaired) electrons. The quantitative estimate of drug-likeness (QED) is 0.589. The fraction of sp³-hybridized carbons (Fsp3) is 0.364. The lowest BCUT2D eigenvalue weighted by Crippen LogP contribution is -1.97. The molecule has 0 spiro atoms. The van der Waals surface area contributed by atoms with Crippen LogP contribution < -0.4 is 9.47 Å². The van der Waals surface area contributed by atoms with Gasteiger partial charge >= 0.3 is 5.69 Å². The van der Waals surface area contributed by atoms with Crippen LogP contribution >= 0.6 is 0 Å². The lowest BCUT2D eigenvalue weighted by molar-refractivity contribution is -0.385. The zero-order chi connectivity index (χ0) is 12.4. The van der Waals surface area contributed by atoms with Crippen molar-refractivity contribution in [2.24, 2.45) is 0 Å². The van der Waals surface area contributed by atoms with E-state index in [-0.39, 0.29) is 24.0 Å². The second-order valence-electron chi connectivity index (χ2n) is 3.81. The Morgan fingerprint density at radius 1 is 1.47 bits per heavy atom. The average Bonchev–Trinajstić information content (AvgIpc) is 2.72. The number of ketones is 1. The molecule has 90 valence electrons. The summed E-state index contributed by atoms with van der Waals surface area (Å²) in [5, 5.41) is 10.9. The van der Waals surface area contributed by atoms with Crippen molar-refractivity contribution in [3.8, 4) is 11.5 Å². The Balaban J connectivity index is 2.33. The summed E-state index contributed by atoms with van der Waals surface area (Å²) < 4.78 is 10.2. The molecule has 0 saturated heterocycles. The predicted octanol–water partition coefficient (Wildman–Crippen LogP) is 1.85. The number of fused-ring (bicyclic) bond motifs is 1. The Labute approximate surface area is 97.3 Å². The molecule has 0 amide bonds. The van der Waals surface area contributed by atoms with Gasteiger partial charge in [-0.15, -0.1) is 0 Å². The molecule has 1 heterocycles. The van der Waals surface area contributed by atoms with Crippen LogP contribution in [0.25, 0.3) is 0 Å². The minimum absolute atomic E-state index is 0.00760. The molecule has 0 fully saturated rings. The molecule has 17 heavy (non-hydrogen) atoms. The third kappa shape index (κ3) is 2.35. The molecule has 0 N–H and O–H groups in total. The second kappa shape index (κ2) is 4.40. The number of carbonyl (C=O) groups excluding carboxylic acids is 1. The van der Waals surface area contributed by atoms with E-state index in [1.165, 1.54) is 13.0 Å². The molecular formula is C11H11NO5. The van der Waals surface area contributed by atoms with Gasteiger partial charge in [-0.1, -0.05) is 0 Å². The molecule has 0 aromatic heterocycles. The first-order valence-electron chi connectivity index (χ1n) is 5.14. The monoisotopic (exact) mass is 237 g/mol. The zero-order valence-corrected chi connectivity index (χ0v) is 9.26. The minimum atomic E-state index is -0.509. The zero-order valence-electron chi connectivity index (χ0n) is 9.26. The van der Waals surface area contributed by atoms with E-state index in [2.05, 4.69) is 0 Å². The highest BCUT2D eigenvalue weighted by atomic mass is 16.7. The van der Waals surface area contributed by atoms with Crippen LogP contribution in [0.2, 0.25) is 0 Å². The molecular weight excluding hydrogens is 226 g/mol. The maximum Gasteiger partial charge on any atom is 0.315 e. The number of nitrogens with zero attached hydrogens (tertiary/aromatic N) is 1. The van der Waals surface area contributed by atoms with Crippen LogP contribution in [-0.4, -0.2) is 17.5 Å². The minimum Gasteiger partial charge on any atom is -0.453 e. The third-order valence-electron chi connectivity index (χ3n) is 2.48. The number of rotatable bonds is 4. The fourth-order valence-corrected chi connectivity index (χ4v) is 1.65. The van der Waals surface area contributed by atoms with Crippen LogP contribution in [0.1, 0.15) is 18.9 Å². The van der Waals surface area contributed by atoms with Crippen LogP contribution in [-0.2, 0) is 11.2 Å². The van der Waals surface area contributed by atoms with Crippen molar-refractivity contribution in [1.29, 1.82) is 0 Å². The lowest BCUT2D eigenvalue weighted by atomic mass is 10.1. The Kier molecular flexibility index (Phi) is 2.95. The number of hydrogen-bond acceptors (Lipinski definition) is 5. The standard InChI is InChI=1S/C11H11NO5/c1-7(13)2-3-8-4-9(12(14)15)11-10(5-8)16-6-17-11/h4-5H,2-3,6H2,1H3. The van der Waals surface area contributed by atoms with E-state index in [0.29, 0.717) is 24.2 Å². The lowest BCUT2D eigenvalue weighted by Gasteiger charge is -2.03. The highest BCUT2D eigenvalue weighted by Crippen LogP contribution is 2.41. The van der Waals surface area contributed by atoms with Crippen molar-refractivity contribution in [2.45, 2.75) is 19.8 Å². The van der Waals surface area contributed by atoms with Gasteiger partial charge in [-0.3, -0.25) is 10.1 Å². The van der Waals surface area contributed by atoms with Crippen molar-refractivity contribution in [2.75, 3.05) is 6.79 Å². The summed E-state index contributed by atoms with van der Waals surface area (Å²) in [6, 6.07) is 3.11. The summed E-state index contributed by atoms with van der Waals surface area (Å²) in [6.07, 6.45) is 0.823. The number of carbonyl (C=O) groups is 1. The molecule has 0 saturated carbocycles. The van der Waals surface area contributed by atoms with Crippen molar-refractivity contribution in [3.63, 3.8) is 0 Å². The Bertz CT molecular complexity index is 483. The van der Waals surface area contributed by atoms with E-state index in [0.717, 1.165) is 0 Å². The van der Waals surface area contributed by atoms with Crippen molar-refractivity contribution < 1.29 is 19.2 Å². The van der Waals surface area contributed by atoms with Gasteiger partial charge in [0.15, 0.2) is 5.75 Å². The van der Waals surface area contributed by atoms with Gasteiger partial charge in [0.1, 0.15) is 5.78 Å². The van der Waals surface area contributed by atoms with Gasteiger partial charge in [0, 0.05) is 12.5 Å². The highest BCUT2D eigenvalue weighted by molar-refractivity contribution is 5.75. The number of ether oxygens (including phenoxy) is 2. The molecule has 1 aromatic rings. The summed E-state index contributed by atoms with van der Waals surface area (Å²) in [7, 11) is 0. The van der Waals surface area contributed by atoms with Crippen LogP contribution in [0.3, 0.4) is 0 Å². The van der Waals surface area contributed by atoms with Crippen molar-refractivity contribution >= 4 is 11.5 Å². The number of nitro groups is 1. The van der Waals surface area contributed by atoms with Gasteiger partial charge in [0.2, 0.25) is 12.5 Å². The first-order valence-corrected chi connectivity index (χ1v) is 5.14. The topological polar surface area (TPSA) is 78.7 Å². The van der Waals surface area contributed by atoms with Crippen LogP contribution in [0.15, 0.2) is 12.1 Å². The van der Waals surface area contributed by atoms with E-state index in [9.17, 15) is 14.9 Å². The Morgan fingerprint density at radius 3 is 2.88 bits per heavy atom. The maximum absolute atomic E-state index is 10.9. The number of nitro benzene ring substituents is 1. The molecule has 0 atom stereocenters. The summed E-state index contributed by atoms with van der Waals surface area (Å²) in [5.41, 5.74) is 0.592. The largest absolute Gasteiger partial charge is 0.453 e. The van der Waals surface area contributed by atoms with E-state index in [4.69, 9.17) is 9.47 Å². The number of aryl methyl sites for hydroxylation is 1. The molecule has 0 bridgehead atoms. The van der Waals surface area contributed by atoms with Gasteiger partial charge in [-0.2, -0.15) is 0 Å². The summed E-state index contributed by atoms with van der Waals surface area (Å²) in [5.74, 6) is 0.588. The van der Waals surface area contributed by atoms with Gasteiger partial charge in [-0.25, -0.2) is 0 Å². The van der Waals surface area contributed by atoms with Crippen LogP contribution in [0, 0.1) is 10.1 Å². The first kappa shape index (κ1) is 11.4. The molecule has 1 aliphatic rings. The molecule has 0 unspecified atom stereocenters. The van der Waals surface area contributed by atoms with Crippen LogP contribution in [0.5, 0.6) is 11.5 Å². The summed E-state index contributed by atoms with van der Waals surface area (Å²) in [6.45, 7) is 1.48. The number of Topliss-reactive ketones (excluding diaryl/α,β-unsaturated/α-hetero) is 1. The fourth-order valence-electron chi connectivity index (χ4n) is 1.65. The molecule has 6 nitrogen and oxygen atoms in total. The molecule has 6 heteroatoms. The molecule has 0 aliphatic carbocycles. The molecule has 2 rings (SSSR count). The first-order chi connectivity index (χ1) is 8.08. The predicted molar refractivity (Wildman–Crippen MR) is 58.2 cm³/mol. The maximum atomic E-state index is 10.9. The van der Waals surface area contributed by atoms with E-state index in [1.54, 1.807) is 6.07 Å². The molecule has 1 aliphatic heterocycles. The van der Waals surface area contributed by atoms with E-state index < -0.39 is 4.92 Å². The van der Waals surface area contributed by atoms with Gasteiger partial charge in [0.25, 0.3) is 0 Å². The highest BCUT2D eigenvalue weighted by Gasteiger charge is 2.26. The summed E-state index contributed by atoms with van der Waals surface area (Å²) >= 11 is 0. The van der Waals surface area contributed by atoms with E-state index in [1.807, 2.05) is 0 Å². The SMILES string of the molecule is CC(=O)CCc1cc2c(c([N+](=O)[O-])c1)OCO2. The van der Waals surface area contributed by atoms with Crippen LogP contribution in [0.4, 0.5) is 5.69 Å².